The summed E-state index contributed by atoms with van der Waals surface area (Å²) in [6.07, 6.45) is 0. The number of nitro benzene ring substituents is 1. The van der Waals surface area contributed by atoms with Crippen molar-refractivity contribution in [3.63, 3.8) is 0 Å². The minimum absolute atomic E-state index is 0.0539. The van der Waals surface area contributed by atoms with Crippen LogP contribution in [0.5, 0.6) is 5.75 Å². The van der Waals surface area contributed by atoms with E-state index >= 15 is 0 Å². The van der Waals surface area contributed by atoms with Gasteiger partial charge in [-0.25, -0.2) is 0 Å². The first-order valence-electron chi connectivity index (χ1n) is 5.48. The molecular formula is C11H12N4O3S. The number of nitrogens with zero attached hydrogens (tertiary/aromatic N) is 3. The van der Waals surface area contributed by atoms with E-state index in [0.29, 0.717) is 11.3 Å². The van der Waals surface area contributed by atoms with Gasteiger partial charge < -0.3 is 10.1 Å². The lowest BCUT2D eigenvalue weighted by molar-refractivity contribution is -0.384. The largest absolute Gasteiger partial charge is 0.486 e. The van der Waals surface area contributed by atoms with Crippen LogP contribution in [-0.4, -0.2) is 22.2 Å². The first kappa shape index (κ1) is 13.2. The normalized spacial score (nSPS) is 10.2. The third kappa shape index (κ3) is 3.16. The molecule has 8 heteroatoms. The SMILES string of the molecule is CNc1nnc(COc2ccc([N+](=O)[O-])cc2C)s1. The molecule has 0 radical (unpaired) electrons. The van der Waals surface area contributed by atoms with Crippen molar-refractivity contribution in [1.82, 2.24) is 10.2 Å². The highest BCUT2D eigenvalue weighted by Gasteiger charge is 2.10. The zero-order valence-corrected chi connectivity index (χ0v) is 11.2. The number of hydrogen-bond acceptors (Lipinski definition) is 7. The molecule has 0 aliphatic carbocycles. The number of aryl methyl sites for hydroxylation is 1. The third-order valence-corrected chi connectivity index (χ3v) is 3.32. The quantitative estimate of drug-likeness (QED) is 0.668. The minimum atomic E-state index is -0.430. The summed E-state index contributed by atoms with van der Waals surface area (Å²) in [6.45, 7) is 2.06. The Labute approximate surface area is 113 Å². The summed E-state index contributed by atoms with van der Waals surface area (Å²) in [5.74, 6) is 0.604. The van der Waals surface area contributed by atoms with E-state index in [4.69, 9.17) is 4.74 Å². The van der Waals surface area contributed by atoms with Crippen molar-refractivity contribution in [1.29, 1.82) is 0 Å². The van der Waals surface area contributed by atoms with Gasteiger partial charge in [-0.2, -0.15) is 0 Å². The molecule has 0 saturated heterocycles. The zero-order valence-electron chi connectivity index (χ0n) is 10.4. The van der Waals surface area contributed by atoms with Gasteiger partial charge in [0.15, 0.2) is 5.01 Å². The molecule has 0 unspecified atom stereocenters. The van der Waals surface area contributed by atoms with Gasteiger partial charge >= 0.3 is 0 Å². The van der Waals surface area contributed by atoms with Crippen LogP contribution in [0.1, 0.15) is 10.6 Å². The molecule has 1 aromatic carbocycles. The monoisotopic (exact) mass is 280 g/mol. The maximum atomic E-state index is 10.6. The van der Waals surface area contributed by atoms with E-state index in [1.54, 1.807) is 20.0 Å². The van der Waals surface area contributed by atoms with Crippen LogP contribution in [-0.2, 0) is 6.61 Å². The Morgan fingerprint density at radius 3 is 2.84 bits per heavy atom. The summed E-state index contributed by atoms with van der Waals surface area (Å²) >= 11 is 1.40. The summed E-state index contributed by atoms with van der Waals surface area (Å²) in [6, 6.07) is 4.49. The Morgan fingerprint density at radius 2 is 2.26 bits per heavy atom. The average molecular weight is 280 g/mol. The number of nitrogens with one attached hydrogen (secondary N) is 1. The number of ether oxygens (including phenoxy) is 1. The van der Waals surface area contributed by atoms with Gasteiger partial charge in [0.05, 0.1) is 4.92 Å². The first-order chi connectivity index (χ1) is 9.10. The van der Waals surface area contributed by atoms with Gasteiger partial charge in [-0.1, -0.05) is 11.3 Å². The third-order valence-electron chi connectivity index (χ3n) is 2.40. The van der Waals surface area contributed by atoms with Crippen LogP contribution in [0.25, 0.3) is 0 Å². The number of rotatable bonds is 5. The number of non-ortho nitro benzene ring substituents is 1. The lowest BCUT2D eigenvalue weighted by Gasteiger charge is -2.06. The molecule has 0 bridgehead atoms. The Bertz CT molecular complexity index is 599. The maximum Gasteiger partial charge on any atom is 0.269 e. The fourth-order valence-electron chi connectivity index (χ4n) is 1.46. The van der Waals surface area contributed by atoms with E-state index in [0.717, 1.165) is 10.1 Å². The standard InChI is InChI=1S/C11H12N4O3S/c1-7-5-8(15(16)17)3-4-9(7)18-6-10-13-14-11(12-2)19-10/h3-5H,6H2,1-2H3,(H,12,14). The second-order valence-electron chi connectivity index (χ2n) is 3.75. The fourth-order valence-corrected chi connectivity index (χ4v) is 2.07. The number of benzene rings is 1. The van der Waals surface area contributed by atoms with Crippen molar-refractivity contribution in [3.05, 3.63) is 38.9 Å². The zero-order chi connectivity index (χ0) is 13.8. The molecular weight excluding hydrogens is 268 g/mol. The van der Waals surface area contributed by atoms with Crippen molar-refractivity contribution in [2.75, 3.05) is 12.4 Å². The van der Waals surface area contributed by atoms with E-state index in [2.05, 4.69) is 15.5 Å². The van der Waals surface area contributed by atoms with Crippen molar-refractivity contribution < 1.29 is 9.66 Å². The first-order valence-corrected chi connectivity index (χ1v) is 6.30. The molecule has 0 atom stereocenters. The highest BCUT2D eigenvalue weighted by atomic mass is 32.1. The Morgan fingerprint density at radius 1 is 1.47 bits per heavy atom. The van der Waals surface area contributed by atoms with Gasteiger partial charge in [-0.3, -0.25) is 10.1 Å². The Kier molecular flexibility index (Phi) is 3.91. The van der Waals surface area contributed by atoms with Crippen LogP contribution in [0.2, 0.25) is 0 Å². The number of anilines is 1. The highest BCUT2D eigenvalue weighted by Crippen LogP contribution is 2.24. The van der Waals surface area contributed by atoms with Crippen molar-refractivity contribution >= 4 is 22.2 Å². The van der Waals surface area contributed by atoms with Gasteiger partial charge in [0.25, 0.3) is 5.69 Å². The van der Waals surface area contributed by atoms with E-state index < -0.39 is 4.92 Å². The number of aromatic nitrogens is 2. The molecule has 2 aromatic rings. The van der Waals surface area contributed by atoms with Crippen molar-refractivity contribution in [3.8, 4) is 5.75 Å². The number of nitro groups is 1. The summed E-state index contributed by atoms with van der Waals surface area (Å²) in [4.78, 5) is 10.2. The number of hydrogen-bond donors (Lipinski definition) is 1. The topological polar surface area (TPSA) is 90.2 Å². The van der Waals surface area contributed by atoms with E-state index in [9.17, 15) is 10.1 Å². The molecule has 0 saturated carbocycles. The molecule has 0 aliphatic heterocycles. The van der Waals surface area contributed by atoms with Crippen LogP contribution in [0.3, 0.4) is 0 Å². The molecule has 100 valence electrons. The summed E-state index contributed by atoms with van der Waals surface area (Å²) in [7, 11) is 1.77. The molecule has 19 heavy (non-hydrogen) atoms. The second-order valence-corrected chi connectivity index (χ2v) is 4.81. The van der Waals surface area contributed by atoms with Crippen LogP contribution >= 0.6 is 11.3 Å². The summed E-state index contributed by atoms with van der Waals surface area (Å²) in [5.41, 5.74) is 0.769. The van der Waals surface area contributed by atoms with Gasteiger partial charge in [0.1, 0.15) is 12.4 Å². The molecule has 0 aliphatic rings. The Hall–Kier alpha value is -2.22. The molecule has 1 heterocycles. The predicted molar refractivity (Wildman–Crippen MR) is 71.6 cm³/mol. The molecule has 1 N–H and O–H groups in total. The fraction of sp³-hybridized carbons (Fsp3) is 0.273. The van der Waals surface area contributed by atoms with Gasteiger partial charge in [0, 0.05) is 19.2 Å². The van der Waals surface area contributed by atoms with Crippen LogP contribution in [0.15, 0.2) is 18.2 Å². The van der Waals surface area contributed by atoms with Gasteiger partial charge in [-0.05, 0) is 18.6 Å². The lowest BCUT2D eigenvalue weighted by Crippen LogP contribution is -1.97. The molecule has 1 aromatic heterocycles. The summed E-state index contributed by atoms with van der Waals surface area (Å²) in [5, 5.41) is 22.8. The molecule has 2 rings (SSSR count). The van der Waals surface area contributed by atoms with E-state index in [1.165, 1.54) is 23.5 Å². The molecule has 7 nitrogen and oxygen atoms in total. The van der Waals surface area contributed by atoms with Crippen molar-refractivity contribution in [2.24, 2.45) is 0 Å². The predicted octanol–water partition coefficient (Wildman–Crippen LogP) is 2.38. The molecule has 0 amide bonds. The average Bonchev–Trinajstić information content (AvgIpc) is 2.85. The highest BCUT2D eigenvalue weighted by molar-refractivity contribution is 7.15. The van der Waals surface area contributed by atoms with Crippen LogP contribution in [0, 0.1) is 17.0 Å². The minimum Gasteiger partial charge on any atom is -0.486 e. The van der Waals surface area contributed by atoms with Gasteiger partial charge in [0.2, 0.25) is 5.13 Å². The smallest absolute Gasteiger partial charge is 0.269 e. The molecule has 0 spiro atoms. The second kappa shape index (κ2) is 5.61. The molecule has 0 fully saturated rings. The lowest BCUT2D eigenvalue weighted by atomic mass is 10.2. The maximum absolute atomic E-state index is 10.6. The Balaban J connectivity index is 2.05. The van der Waals surface area contributed by atoms with E-state index in [1.807, 2.05) is 0 Å². The summed E-state index contributed by atoms with van der Waals surface area (Å²) < 4.78 is 5.57. The van der Waals surface area contributed by atoms with Crippen LogP contribution < -0.4 is 10.1 Å². The van der Waals surface area contributed by atoms with Gasteiger partial charge in [-0.15, -0.1) is 10.2 Å². The van der Waals surface area contributed by atoms with E-state index in [-0.39, 0.29) is 12.3 Å². The van der Waals surface area contributed by atoms with Crippen molar-refractivity contribution in [2.45, 2.75) is 13.5 Å². The van der Waals surface area contributed by atoms with Crippen LogP contribution in [0.4, 0.5) is 10.8 Å².